The molecule has 9 rings (SSSR count). The molecule has 1 aliphatic carbocycles. The first-order chi connectivity index (χ1) is 24.0. The Balaban J connectivity index is 1.33. The van der Waals surface area contributed by atoms with Crippen molar-refractivity contribution in [2.24, 2.45) is 0 Å². The topological polar surface area (TPSA) is 38.7 Å². The normalized spacial score (nSPS) is 12.9. The van der Waals surface area contributed by atoms with Gasteiger partial charge in [0.25, 0.3) is 0 Å². The number of benzene rings is 6. The number of nitrogens with zero attached hydrogens (tertiary/aromatic N) is 3. The number of aromatic nitrogens is 3. The minimum absolute atomic E-state index is 0.143. The van der Waals surface area contributed by atoms with Gasteiger partial charge >= 0.3 is 0 Å². The predicted molar refractivity (Wildman–Crippen MR) is 202 cm³/mol. The highest BCUT2D eigenvalue weighted by Gasteiger charge is 2.36. The maximum absolute atomic E-state index is 5.38. The van der Waals surface area contributed by atoms with Gasteiger partial charge in [-0.2, -0.15) is 0 Å². The Bertz CT molecular complexity index is 2440. The van der Waals surface area contributed by atoms with Crippen molar-refractivity contribution in [2.45, 2.75) is 19.3 Å². The smallest absolute Gasteiger partial charge is 0.161 e. The molecule has 0 unspecified atom stereocenters. The summed E-state index contributed by atoms with van der Waals surface area (Å²) in [4.78, 5) is 15.9. The lowest BCUT2D eigenvalue weighted by atomic mass is 9.82. The third kappa shape index (κ3) is 5.03. The maximum Gasteiger partial charge on any atom is 0.161 e. The Hall–Kier alpha value is -6.19. The molecule has 2 heterocycles. The molecule has 0 spiro atoms. The molecule has 0 atom stereocenters. The van der Waals surface area contributed by atoms with Crippen molar-refractivity contribution in [1.29, 1.82) is 0 Å². The highest BCUT2D eigenvalue weighted by molar-refractivity contribution is 6.01. The molecular formula is C46H33N3. The fourth-order valence-corrected chi connectivity index (χ4v) is 7.32. The number of fused-ring (bicyclic) bond motifs is 4. The van der Waals surface area contributed by atoms with Crippen molar-refractivity contribution >= 4 is 10.9 Å². The molecule has 3 nitrogen and oxygen atoms in total. The maximum atomic E-state index is 5.38. The van der Waals surface area contributed by atoms with Gasteiger partial charge in [0.2, 0.25) is 0 Å². The lowest BCUT2D eigenvalue weighted by molar-refractivity contribution is 0.661. The summed E-state index contributed by atoms with van der Waals surface area (Å²) in [5, 5.41) is 1.04. The summed E-state index contributed by atoms with van der Waals surface area (Å²) in [5.41, 5.74) is 15.1. The standard InChI is InChI=1S/C46H33N3/c1-46(2)39-24-13-12-23-35(39)36-26-37-38(45-48-42(31-17-8-4-9-18-31)29-43(49-45)32-19-10-5-11-20-32)27-41(47-44(37)28-40(36)46)34-22-14-21-33(25-34)30-15-6-3-7-16-30/h3-29H,1-2H3. The van der Waals surface area contributed by atoms with Crippen LogP contribution in [0, 0.1) is 0 Å². The van der Waals surface area contributed by atoms with E-state index in [0.717, 1.165) is 55.8 Å². The average molecular weight is 628 g/mol. The number of rotatable bonds is 5. The largest absolute Gasteiger partial charge is 0.248 e. The molecule has 232 valence electrons. The summed E-state index contributed by atoms with van der Waals surface area (Å²) < 4.78 is 0. The molecule has 49 heavy (non-hydrogen) atoms. The predicted octanol–water partition coefficient (Wildman–Crippen LogP) is 11.7. The second kappa shape index (κ2) is 11.5. The Kier molecular flexibility index (Phi) is 6.80. The van der Waals surface area contributed by atoms with Crippen molar-refractivity contribution in [1.82, 2.24) is 15.0 Å². The highest BCUT2D eigenvalue weighted by Crippen LogP contribution is 2.50. The molecule has 0 fully saturated rings. The second-order valence-corrected chi connectivity index (χ2v) is 13.3. The molecule has 0 radical (unpaired) electrons. The van der Waals surface area contributed by atoms with Crippen LogP contribution < -0.4 is 0 Å². The van der Waals surface area contributed by atoms with E-state index in [1.54, 1.807) is 0 Å². The Morgan fingerprint density at radius 2 is 0.918 bits per heavy atom. The van der Waals surface area contributed by atoms with Crippen molar-refractivity contribution in [3.8, 4) is 67.4 Å². The van der Waals surface area contributed by atoms with E-state index in [0.29, 0.717) is 5.82 Å². The van der Waals surface area contributed by atoms with Gasteiger partial charge in [-0.25, -0.2) is 15.0 Å². The van der Waals surface area contributed by atoms with Crippen LogP contribution in [0.2, 0.25) is 0 Å². The van der Waals surface area contributed by atoms with Gasteiger partial charge in [-0.3, -0.25) is 0 Å². The summed E-state index contributed by atoms with van der Waals surface area (Å²) in [6.07, 6.45) is 0. The first-order valence-electron chi connectivity index (χ1n) is 16.8. The summed E-state index contributed by atoms with van der Waals surface area (Å²) in [6.45, 7) is 4.63. The minimum Gasteiger partial charge on any atom is -0.248 e. The zero-order valence-corrected chi connectivity index (χ0v) is 27.4. The van der Waals surface area contributed by atoms with E-state index in [4.69, 9.17) is 15.0 Å². The van der Waals surface area contributed by atoms with Crippen LogP contribution in [-0.4, -0.2) is 15.0 Å². The first-order valence-corrected chi connectivity index (χ1v) is 16.8. The number of hydrogen-bond acceptors (Lipinski definition) is 3. The van der Waals surface area contributed by atoms with E-state index in [2.05, 4.69) is 166 Å². The van der Waals surface area contributed by atoms with Crippen molar-refractivity contribution in [3.05, 3.63) is 175 Å². The van der Waals surface area contributed by atoms with Crippen LogP contribution in [0.25, 0.3) is 78.3 Å². The lowest BCUT2D eigenvalue weighted by Crippen LogP contribution is -2.14. The van der Waals surface area contributed by atoms with Crippen molar-refractivity contribution < 1.29 is 0 Å². The molecule has 0 N–H and O–H groups in total. The second-order valence-electron chi connectivity index (χ2n) is 13.3. The quantitative estimate of drug-likeness (QED) is 0.191. The van der Waals surface area contributed by atoms with Crippen LogP contribution >= 0.6 is 0 Å². The van der Waals surface area contributed by atoms with Crippen molar-refractivity contribution in [3.63, 3.8) is 0 Å². The highest BCUT2D eigenvalue weighted by atomic mass is 14.9. The minimum atomic E-state index is -0.143. The van der Waals surface area contributed by atoms with Crippen LogP contribution in [0.4, 0.5) is 0 Å². The first kappa shape index (κ1) is 29.0. The van der Waals surface area contributed by atoms with Crippen LogP contribution in [-0.2, 0) is 5.41 Å². The van der Waals surface area contributed by atoms with Gasteiger partial charge in [-0.15, -0.1) is 0 Å². The van der Waals surface area contributed by atoms with Gasteiger partial charge in [-0.05, 0) is 63.7 Å². The summed E-state index contributed by atoms with van der Waals surface area (Å²) in [6, 6.07) is 57.6. The molecule has 0 saturated carbocycles. The molecule has 8 aromatic rings. The Morgan fingerprint density at radius 3 is 1.59 bits per heavy atom. The molecular weight excluding hydrogens is 595 g/mol. The van der Waals surface area contributed by atoms with Gasteiger partial charge in [0.15, 0.2) is 5.82 Å². The zero-order valence-electron chi connectivity index (χ0n) is 27.4. The summed E-state index contributed by atoms with van der Waals surface area (Å²) >= 11 is 0. The molecule has 0 aliphatic heterocycles. The van der Waals surface area contributed by atoms with E-state index in [-0.39, 0.29) is 5.41 Å². The molecule has 1 aliphatic rings. The van der Waals surface area contributed by atoms with E-state index < -0.39 is 0 Å². The van der Waals surface area contributed by atoms with Gasteiger partial charge in [0.1, 0.15) is 0 Å². The molecule has 0 saturated heterocycles. The molecule has 6 aromatic carbocycles. The van der Waals surface area contributed by atoms with Gasteiger partial charge in [0, 0.05) is 33.1 Å². The zero-order chi connectivity index (χ0) is 33.0. The summed E-state index contributed by atoms with van der Waals surface area (Å²) in [5.74, 6) is 0.679. The lowest BCUT2D eigenvalue weighted by Gasteiger charge is -2.22. The number of pyridine rings is 1. The van der Waals surface area contributed by atoms with E-state index >= 15 is 0 Å². The third-order valence-electron chi connectivity index (χ3n) is 9.88. The van der Waals surface area contributed by atoms with Crippen LogP contribution in [0.1, 0.15) is 25.0 Å². The fraction of sp³-hybridized carbons (Fsp3) is 0.0652. The molecule has 2 aromatic heterocycles. The van der Waals surface area contributed by atoms with Gasteiger partial charge in [0.05, 0.1) is 22.6 Å². The van der Waals surface area contributed by atoms with Crippen LogP contribution in [0.15, 0.2) is 164 Å². The molecule has 0 bridgehead atoms. The Labute approximate surface area is 286 Å². The SMILES string of the molecule is CC1(C)c2ccccc2-c2cc3c(-c4nc(-c5ccccc5)cc(-c5ccccc5)n4)cc(-c4cccc(-c5ccccc5)c4)nc3cc21. The molecule has 3 heteroatoms. The van der Waals surface area contributed by atoms with Crippen molar-refractivity contribution in [2.75, 3.05) is 0 Å². The summed E-state index contributed by atoms with van der Waals surface area (Å²) in [7, 11) is 0. The average Bonchev–Trinajstić information content (AvgIpc) is 3.39. The molecule has 0 amide bonds. The van der Waals surface area contributed by atoms with E-state index in [1.165, 1.54) is 27.8 Å². The van der Waals surface area contributed by atoms with E-state index in [9.17, 15) is 0 Å². The van der Waals surface area contributed by atoms with Crippen LogP contribution in [0.3, 0.4) is 0 Å². The monoisotopic (exact) mass is 627 g/mol. The number of hydrogen-bond donors (Lipinski definition) is 0. The Morgan fingerprint density at radius 1 is 0.367 bits per heavy atom. The van der Waals surface area contributed by atoms with Gasteiger partial charge < -0.3 is 0 Å². The third-order valence-corrected chi connectivity index (χ3v) is 9.88. The van der Waals surface area contributed by atoms with Gasteiger partial charge in [-0.1, -0.05) is 147 Å². The fourth-order valence-electron chi connectivity index (χ4n) is 7.32. The van der Waals surface area contributed by atoms with Crippen LogP contribution in [0.5, 0.6) is 0 Å². The van der Waals surface area contributed by atoms with E-state index in [1.807, 2.05) is 12.1 Å².